The van der Waals surface area contributed by atoms with Crippen LogP contribution in [0.3, 0.4) is 0 Å². The van der Waals surface area contributed by atoms with Gasteiger partial charge in [-0.2, -0.15) is 0 Å². The number of rotatable bonds is 5. The minimum absolute atomic E-state index is 0.0567. The van der Waals surface area contributed by atoms with Gasteiger partial charge in [0.15, 0.2) is 0 Å². The van der Waals surface area contributed by atoms with E-state index in [1.807, 2.05) is 6.92 Å². The summed E-state index contributed by atoms with van der Waals surface area (Å²) in [4.78, 5) is 23.0. The predicted molar refractivity (Wildman–Crippen MR) is 69.4 cm³/mol. The molecule has 0 bridgehead atoms. The van der Waals surface area contributed by atoms with Gasteiger partial charge in [-0.1, -0.05) is 20.3 Å². The van der Waals surface area contributed by atoms with Gasteiger partial charge in [0.1, 0.15) is 6.10 Å². The SMILES string of the molecule is CCC(C)C(=O)OC(C)OC(=O)OC1CCCCC1. The van der Waals surface area contributed by atoms with Gasteiger partial charge in [0.25, 0.3) is 0 Å². The van der Waals surface area contributed by atoms with Crippen LogP contribution >= 0.6 is 0 Å². The molecular formula is C14H24O5. The Balaban J connectivity index is 2.25. The Hall–Kier alpha value is -1.26. The Morgan fingerprint density at radius 1 is 1.11 bits per heavy atom. The van der Waals surface area contributed by atoms with Crippen LogP contribution in [0.15, 0.2) is 0 Å². The third-order valence-electron chi connectivity index (χ3n) is 3.37. The second kappa shape index (κ2) is 8.02. The van der Waals surface area contributed by atoms with Crippen molar-refractivity contribution in [2.24, 2.45) is 5.92 Å². The van der Waals surface area contributed by atoms with Crippen molar-refractivity contribution in [1.29, 1.82) is 0 Å². The molecule has 1 aliphatic carbocycles. The Morgan fingerprint density at radius 2 is 1.74 bits per heavy atom. The molecule has 0 spiro atoms. The zero-order valence-corrected chi connectivity index (χ0v) is 12.0. The summed E-state index contributed by atoms with van der Waals surface area (Å²) in [6.07, 6.45) is 4.10. The van der Waals surface area contributed by atoms with Crippen molar-refractivity contribution in [2.75, 3.05) is 0 Å². The second-order valence-corrected chi connectivity index (χ2v) is 5.06. The predicted octanol–water partition coefficient (Wildman–Crippen LogP) is 3.41. The summed E-state index contributed by atoms with van der Waals surface area (Å²) in [7, 11) is 0. The lowest BCUT2D eigenvalue weighted by atomic mass is 9.98. The van der Waals surface area contributed by atoms with Crippen LogP contribution in [-0.2, 0) is 19.0 Å². The lowest BCUT2D eigenvalue weighted by Crippen LogP contribution is -2.28. The maximum absolute atomic E-state index is 11.5. The molecule has 19 heavy (non-hydrogen) atoms. The van der Waals surface area contributed by atoms with Crippen LogP contribution < -0.4 is 0 Å². The first-order valence-corrected chi connectivity index (χ1v) is 7.10. The highest BCUT2D eigenvalue weighted by Gasteiger charge is 2.22. The average Bonchev–Trinajstić information content (AvgIpc) is 2.38. The number of carbonyl (C=O) groups excluding carboxylic acids is 2. The van der Waals surface area contributed by atoms with Crippen LogP contribution in [0.4, 0.5) is 4.79 Å². The van der Waals surface area contributed by atoms with Crippen LogP contribution in [0.25, 0.3) is 0 Å². The smallest absolute Gasteiger partial charge is 0.431 e. The highest BCUT2D eigenvalue weighted by Crippen LogP contribution is 2.20. The zero-order chi connectivity index (χ0) is 14.3. The monoisotopic (exact) mass is 272 g/mol. The molecule has 0 aliphatic heterocycles. The molecule has 0 N–H and O–H groups in total. The highest BCUT2D eigenvalue weighted by atomic mass is 16.8. The Morgan fingerprint density at radius 3 is 2.32 bits per heavy atom. The van der Waals surface area contributed by atoms with E-state index in [9.17, 15) is 9.59 Å². The van der Waals surface area contributed by atoms with Crippen molar-refractivity contribution in [2.45, 2.75) is 71.7 Å². The van der Waals surface area contributed by atoms with E-state index in [0.717, 1.165) is 25.7 Å². The minimum Gasteiger partial charge on any atom is -0.431 e. The van der Waals surface area contributed by atoms with E-state index in [1.165, 1.54) is 13.3 Å². The molecule has 5 heteroatoms. The van der Waals surface area contributed by atoms with Crippen LogP contribution in [0, 0.1) is 5.92 Å². The molecular weight excluding hydrogens is 248 g/mol. The molecule has 2 atom stereocenters. The first kappa shape index (κ1) is 15.8. The number of esters is 1. The van der Waals surface area contributed by atoms with Gasteiger partial charge in [-0.05, 0) is 32.1 Å². The van der Waals surface area contributed by atoms with Crippen LogP contribution in [0.1, 0.15) is 59.3 Å². The zero-order valence-electron chi connectivity index (χ0n) is 12.0. The summed E-state index contributed by atoms with van der Waals surface area (Å²) in [5.41, 5.74) is 0. The van der Waals surface area contributed by atoms with Crippen molar-refractivity contribution in [3.05, 3.63) is 0 Å². The van der Waals surface area contributed by atoms with E-state index >= 15 is 0 Å². The van der Waals surface area contributed by atoms with E-state index in [0.29, 0.717) is 6.42 Å². The van der Waals surface area contributed by atoms with Crippen LogP contribution in [0.2, 0.25) is 0 Å². The quantitative estimate of drug-likeness (QED) is 0.567. The average molecular weight is 272 g/mol. The maximum Gasteiger partial charge on any atom is 0.511 e. The Kier molecular flexibility index (Phi) is 6.67. The summed E-state index contributed by atoms with van der Waals surface area (Å²) in [6.45, 7) is 5.19. The molecule has 1 fully saturated rings. The van der Waals surface area contributed by atoms with Gasteiger partial charge in [0, 0.05) is 6.92 Å². The Bertz CT molecular complexity index is 296. The van der Waals surface area contributed by atoms with Crippen molar-refractivity contribution in [1.82, 2.24) is 0 Å². The second-order valence-electron chi connectivity index (χ2n) is 5.06. The summed E-state index contributed by atoms with van der Waals surface area (Å²) < 4.78 is 15.1. The van der Waals surface area contributed by atoms with E-state index < -0.39 is 12.4 Å². The molecule has 0 heterocycles. The van der Waals surface area contributed by atoms with E-state index in [1.54, 1.807) is 6.92 Å². The molecule has 0 aromatic heterocycles. The molecule has 2 unspecified atom stereocenters. The number of carbonyl (C=O) groups is 2. The Labute approximate surface area is 114 Å². The van der Waals surface area contributed by atoms with Gasteiger partial charge in [-0.25, -0.2) is 4.79 Å². The number of hydrogen-bond donors (Lipinski definition) is 0. The van der Waals surface area contributed by atoms with Crippen molar-refractivity contribution in [3.8, 4) is 0 Å². The standard InChI is InChI=1S/C14H24O5/c1-4-10(2)13(15)17-11(3)18-14(16)19-12-8-6-5-7-9-12/h10-12H,4-9H2,1-3H3. The molecule has 1 rings (SSSR count). The topological polar surface area (TPSA) is 61.8 Å². The molecule has 0 aromatic rings. The third-order valence-corrected chi connectivity index (χ3v) is 3.37. The van der Waals surface area contributed by atoms with Crippen LogP contribution in [0.5, 0.6) is 0 Å². The minimum atomic E-state index is -0.905. The summed E-state index contributed by atoms with van der Waals surface area (Å²) in [6, 6.07) is 0. The molecule has 0 saturated heterocycles. The first-order valence-electron chi connectivity index (χ1n) is 7.10. The van der Waals surface area contributed by atoms with Gasteiger partial charge >= 0.3 is 12.1 Å². The summed E-state index contributed by atoms with van der Waals surface area (Å²) in [5, 5.41) is 0. The molecule has 0 amide bonds. The maximum atomic E-state index is 11.5. The largest absolute Gasteiger partial charge is 0.511 e. The van der Waals surface area contributed by atoms with Crippen molar-refractivity contribution in [3.63, 3.8) is 0 Å². The van der Waals surface area contributed by atoms with Crippen molar-refractivity contribution >= 4 is 12.1 Å². The van der Waals surface area contributed by atoms with E-state index in [2.05, 4.69) is 0 Å². The molecule has 1 saturated carbocycles. The fraction of sp³-hybridized carbons (Fsp3) is 0.857. The van der Waals surface area contributed by atoms with E-state index in [4.69, 9.17) is 14.2 Å². The normalized spacial score (nSPS) is 19.3. The van der Waals surface area contributed by atoms with E-state index in [-0.39, 0.29) is 18.0 Å². The summed E-state index contributed by atoms with van der Waals surface area (Å²) in [5.74, 6) is -0.555. The molecule has 1 aliphatic rings. The molecule has 110 valence electrons. The van der Waals surface area contributed by atoms with Crippen LogP contribution in [-0.4, -0.2) is 24.5 Å². The third kappa shape index (κ3) is 5.94. The van der Waals surface area contributed by atoms with Gasteiger partial charge in [-0.15, -0.1) is 0 Å². The van der Waals surface area contributed by atoms with Crippen molar-refractivity contribution < 1.29 is 23.8 Å². The fourth-order valence-corrected chi connectivity index (χ4v) is 1.95. The highest BCUT2D eigenvalue weighted by molar-refractivity contribution is 5.72. The van der Waals surface area contributed by atoms with Gasteiger partial charge in [0.2, 0.25) is 6.29 Å². The molecule has 0 aromatic carbocycles. The molecule has 5 nitrogen and oxygen atoms in total. The van der Waals surface area contributed by atoms with Gasteiger partial charge < -0.3 is 14.2 Å². The molecule has 0 radical (unpaired) electrons. The van der Waals surface area contributed by atoms with Gasteiger partial charge in [0.05, 0.1) is 5.92 Å². The number of hydrogen-bond acceptors (Lipinski definition) is 5. The lowest BCUT2D eigenvalue weighted by molar-refractivity contribution is -0.173. The fourth-order valence-electron chi connectivity index (χ4n) is 1.95. The number of ether oxygens (including phenoxy) is 3. The summed E-state index contributed by atoms with van der Waals surface area (Å²) >= 11 is 0. The van der Waals surface area contributed by atoms with Gasteiger partial charge in [-0.3, -0.25) is 4.79 Å². The lowest BCUT2D eigenvalue weighted by Gasteiger charge is -2.22. The first-order chi connectivity index (χ1) is 9.02.